The first-order valence-corrected chi connectivity index (χ1v) is 12.4. The number of amides is 2. The molecule has 1 N–H and O–H groups in total. The van der Waals surface area contributed by atoms with Crippen molar-refractivity contribution in [2.24, 2.45) is 0 Å². The second kappa shape index (κ2) is 12.9. The van der Waals surface area contributed by atoms with E-state index in [1.165, 1.54) is 0 Å². The van der Waals surface area contributed by atoms with Gasteiger partial charge in [-0.05, 0) is 37.1 Å². The number of carbonyl (C=O) groups is 2. The predicted molar refractivity (Wildman–Crippen MR) is 136 cm³/mol. The number of thioether (sulfide) groups is 1. The summed E-state index contributed by atoms with van der Waals surface area (Å²) in [6, 6.07) is 29.3. The molecule has 0 fully saturated rings. The van der Waals surface area contributed by atoms with E-state index in [2.05, 4.69) is 5.32 Å². The molecule has 33 heavy (non-hydrogen) atoms. The lowest BCUT2D eigenvalue weighted by Crippen LogP contribution is -2.51. The van der Waals surface area contributed by atoms with Gasteiger partial charge in [0.1, 0.15) is 6.04 Å². The number of nitrogens with one attached hydrogen (secondary N) is 1. The van der Waals surface area contributed by atoms with Crippen LogP contribution in [0, 0.1) is 0 Å². The number of hydrogen-bond acceptors (Lipinski definition) is 3. The Bertz CT molecular complexity index is 994. The molecule has 2 amide bonds. The largest absolute Gasteiger partial charge is 0.352 e. The molecule has 0 saturated heterocycles. The summed E-state index contributed by atoms with van der Waals surface area (Å²) in [6.45, 7) is 4.29. The molecule has 5 heteroatoms. The second-order valence-electron chi connectivity index (χ2n) is 8.29. The van der Waals surface area contributed by atoms with Crippen LogP contribution in [0.25, 0.3) is 0 Å². The van der Waals surface area contributed by atoms with E-state index in [0.717, 1.165) is 16.0 Å². The summed E-state index contributed by atoms with van der Waals surface area (Å²) in [7, 11) is 0. The molecular formula is C28H32N2O2S. The van der Waals surface area contributed by atoms with Gasteiger partial charge in [-0.1, -0.05) is 78.9 Å². The third-order valence-corrected chi connectivity index (χ3v) is 6.24. The van der Waals surface area contributed by atoms with Crippen molar-refractivity contribution in [1.82, 2.24) is 10.2 Å². The zero-order valence-electron chi connectivity index (χ0n) is 19.3. The molecule has 0 bridgehead atoms. The summed E-state index contributed by atoms with van der Waals surface area (Å²) < 4.78 is 0. The zero-order chi connectivity index (χ0) is 23.5. The Kier molecular flexibility index (Phi) is 9.58. The van der Waals surface area contributed by atoms with E-state index in [9.17, 15) is 9.59 Å². The molecule has 0 spiro atoms. The van der Waals surface area contributed by atoms with Gasteiger partial charge >= 0.3 is 0 Å². The summed E-state index contributed by atoms with van der Waals surface area (Å²) >= 11 is 1.66. The van der Waals surface area contributed by atoms with Crippen LogP contribution in [0.3, 0.4) is 0 Å². The van der Waals surface area contributed by atoms with Gasteiger partial charge in [0.2, 0.25) is 11.8 Å². The topological polar surface area (TPSA) is 49.4 Å². The van der Waals surface area contributed by atoms with Crippen molar-refractivity contribution < 1.29 is 9.59 Å². The Hall–Kier alpha value is -3.05. The maximum Gasteiger partial charge on any atom is 0.243 e. The van der Waals surface area contributed by atoms with Crippen LogP contribution in [-0.4, -0.2) is 34.6 Å². The standard InChI is InChI=1S/C28H32N2O2S/c1-22(2)29-28(32)26(20-23-12-6-3-7-13-23)30(21-24-14-8-4-9-15-24)27(31)18-19-33-25-16-10-5-11-17-25/h3-17,22,26H,18-21H2,1-2H3,(H,29,32). The molecule has 3 aromatic carbocycles. The minimum absolute atomic E-state index is 0.00177. The first-order valence-electron chi connectivity index (χ1n) is 11.4. The molecule has 0 saturated carbocycles. The summed E-state index contributed by atoms with van der Waals surface area (Å²) in [5.74, 6) is 0.536. The number of rotatable bonds is 11. The van der Waals surface area contributed by atoms with Crippen LogP contribution in [0.4, 0.5) is 0 Å². The molecule has 3 rings (SSSR count). The second-order valence-corrected chi connectivity index (χ2v) is 9.46. The van der Waals surface area contributed by atoms with Crippen LogP contribution in [0.2, 0.25) is 0 Å². The molecule has 0 radical (unpaired) electrons. The van der Waals surface area contributed by atoms with E-state index in [-0.39, 0.29) is 17.9 Å². The maximum atomic E-state index is 13.5. The van der Waals surface area contributed by atoms with Crippen LogP contribution < -0.4 is 5.32 Å². The van der Waals surface area contributed by atoms with Gasteiger partial charge in [0.05, 0.1) is 0 Å². The highest BCUT2D eigenvalue weighted by Gasteiger charge is 2.30. The zero-order valence-corrected chi connectivity index (χ0v) is 20.1. The first-order chi connectivity index (χ1) is 16.0. The van der Waals surface area contributed by atoms with Gasteiger partial charge in [0, 0.05) is 36.1 Å². The van der Waals surface area contributed by atoms with Crippen LogP contribution in [0.15, 0.2) is 95.9 Å². The molecule has 0 aliphatic rings. The lowest BCUT2D eigenvalue weighted by Gasteiger charge is -2.32. The highest BCUT2D eigenvalue weighted by Crippen LogP contribution is 2.20. The van der Waals surface area contributed by atoms with E-state index < -0.39 is 6.04 Å². The van der Waals surface area contributed by atoms with Crippen molar-refractivity contribution in [2.75, 3.05) is 5.75 Å². The molecule has 4 nitrogen and oxygen atoms in total. The normalized spacial score (nSPS) is 11.7. The average Bonchev–Trinajstić information content (AvgIpc) is 2.83. The van der Waals surface area contributed by atoms with Crippen LogP contribution in [-0.2, 0) is 22.6 Å². The highest BCUT2D eigenvalue weighted by molar-refractivity contribution is 7.99. The molecule has 0 aromatic heterocycles. The van der Waals surface area contributed by atoms with Gasteiger partial charge in [-0.3, -0.25) is 9.59 Å². The van der Waals surface area contributed by atoms with Gasteiger partial charge in [0.15, 0.2) is 0 Å². The molecule has 3 aromatic rings. The van der Waals surface area contributed by atoms with E-state index >= 15 is 0 Å². The molecule has 1 atom stereocenters. The third-order valence-electron chi connectivity index (χ3n) is 5.23. The van der Waals surface area contributed by atoms with Crippen molar-refractivity contribution >= 4 is 23.6 Å². The van der Waals surface area contributed by atoms with Crippen molar-refractivity contribution in [1.29, 1.82) is 0 Å². The Morgan fingerprint density at radius 2 is 1.36 bits per heavy atom. The fourth-order valence-electron chi connectivity index (χ4n) is 3.63. The van der Waals surface area contributed by atoms with E-state index in [4.69, 9.17) is 0 Å². The number of nitrogens with zero attached hydrogens (tertiary/aromatic N) is 1. The fraction of sp³-hybridized carbons (Fsp3) is 0.286. The van der Waals surface area contributed by atoms with Crippen molar-refractivity contribution in [3.8, 4) is 0 Å². The molecule has 0 aliphatic heterocycles. The first kappa shape index (κ1) is 24.6. The molecule has 1 unspecified atom stereocenters. The van der Waals surface area contributed by atoms with Gasteiger partial charge in [-0.25, -0.2) is 0 Å². The van der Waals surface area contributed by atoms with Gasteiger partial charge in [-0.15, -0.1) is 11.8 Å². The Labute approximate surface area is 201 Å². The minimum atomic E-state index is -0.579. The number of benzene rings is 3. The van der Waals surface area contributed by atoms with Crippen LogP contribution in [0.5, 0.6) is 0 Å². The van der Waals surface area contributed by atoms with Crippen LogP contribution in [0.1, 0.15) is 31.4 Å². The summed E-state index contributed by atoms with van der Waals surface area (Å²) in [6.07, 6.45) is 0.844. The predicted octanol–water partition coefficient (Wildman–Crippen LogP) is 5.33. The van der Waals surface area contributed by atoms with E-state index in [1.807, 2.05) is 105 Å². The van der Waals surface area contributed by atoms with Crippen molar-refractivity contribution in [2.45, 2.75) is 50.2 Å². The van der Waals surface area contributed by atoms with E-state index in [1.54, 1.807) is 16.7 Å². The fourth-order valence-corrected chi connectivity index (χ4v) is 4.49. The lowest BCUT2D eigenvalue weighted by atomic mass is 10.0. The summed E-state index contributed by atoms with van der Waals surface area (Å²) in [4.78, 5) is 29.7. The van der Waals surface area contributed by atoms with Gasteiger partial charge in [-0.2, -0.15) is 0 Å². The average molecular weight is 461 g/mol. The molecule has 0 aliphatic carbocycles. The molecule has 172 valence electrons. The van der Waals surface area contributed by atoms with Crippen LogP contribution >= 0.6 is 11.8 Å². The Morgan fingerprint density at radius 3 is 1.94 bits per heavy atom. The Balaban J connectivity index is 1.82. The monoisotopic (exact) mass is 460 g/mol. The Morgan fingerprint density at radius 1 is 0.818 bits per heavy atom. The van der Waals surface area contributed by atoms with Gasteiger partial charge < -0.3 is 10.2 Å². The third kappa shape index (κ3) is 8.10. The quantitative estimate of drug-likeness (QED) is 0.393. The molecule has 0 heterocycles. The number of hydrogen-bond donors (Lipinski definition) is 1. The van der Waals surface area contributed by atoms with Gasteiger partial charge in [0.25, 0.3) is 0 Å². The number of carbonyl (C=O) groups excluding carboxylic acids is 2. The minimum Gasteiger partial charge on any atom is -0.352 e. The summed E-state index contributed by atoms with van der Waals surface area (Å²) in [5.41, 5.74) is 2.04. The maximum absolute atomic E-state index is 13.5. The SMILES string of the molecule is CC(C)NC(=O)C(Cc1ccccc1)N(Cc1ccccc1)C(=O)CCSc1ccccc1. The lowest BCUT2D eigenvalue weighted by molar-refractivity contribution is -0.141. The van der Waals surface area contributed by atoms with Crippen molar-refractivity contribution in [3.05, 3.63) is 102 Å². The smallest absolute Gasteiger partial charge is 0.243 e. The highest BCUT2D eigenvalue weighted by atomic mass is 32.2. The summed E-state index contributed by atoms with van der Waals surface area (Å²) in [5, 5.41) is 3.03. The van der Waals surface area contributed by atoms with Crippen molar-refractivity contribution in [3.63, 3.8) is 0 Å². The molecular weight excluding hydrogens is 428 g/mol. The van der Waals surface area contributed by atoms with E-state index in [0.29, 0.717) is 25.1 Å².